The summed E-state index contributed by atoms with van der Waals surface area (Å²) in [6.45, 7) is 3.51. The smallest absolute Gasteiger partial charge is 0.278 e. The zero-order chi connectivity index (χ0) is 17.8. The van der Waals surface area contributed by atoms with Gasteiger partial charge in [-0.2, -0.15) is 0 Å². The summed E-state index contributed by atoms with van der Waals surface area (Å²) in [6.07, 6.45) is 3.74. The first-order valence-electron chi connectivity index (χ1n) is 8.30. The van der Waals surface area contributed by atoms with Gasteiger partial charge in [0.1, 0.15) is 5.75 Å². The number of hydrogen-bond donors (Lipinski definition) is 1. The van der Waals surface area contributed by atoms with Gasteiger partial charge >= 0.3 is 0 Å². The zero-order valence-electron chi connectivity index (χ0n) is 14.4. The van der Waals surface area contributed by atoms with Gasteiger partial charge in [-0.25, -0.2) is 4.98 Å². The maximum atomic E-state index is 12.4. The average Bonchev–Trinajstić information content (AvgIpc) is 3.16. The molecule has 130 valence electrons. The highest BCUT2D eigenvalue weighted by Gasteiger charge is 2.19. The minimum atomic E-state index is -0.351. The van der Waals surface area contributed by atoms with E-state index >= 15 is 0 Å². The Labute approximate surface area is 146 Å². The quantitative estimate of drug-likeness (QED) is 0.930. The van der Waals surface area contributed by atoms with E-state index in [0.717, 1.165) is 31.5 Å². The molecule has 0 radical (unpaired) electrons. The molecule has 1 aliphatic rings. The van der Waals surface area contributed by atoms with Crippen LogP contribution < -0.4 is 10.1 Å². The van der Waals surface area contributed by atoms with E-state index in [1.54, 1.807) is 36.5 Å². The molecular formula is C19H21N3O3. The first-order valence-corrected chi connectivity index (χ1v) is 8.30. The van der Waals surface area contributed by atoms with Crippen molar-refractivity contribution in [2.24, 2.45) is 0 Å². The molecule has 2 aromatic rings. The molecule has 2 amide bonds. The molecule has 1 N–H and O–H groups in total. The third-order valence-electron chi connectivity index (χ3n) is 4.21. The monoisotopic (exact) mass is 339 g/mol. The number of aryl methyl sites for hydroxylation is 1. The fourth-order valence-electron chi connectivity index (χ4n) is 2.86. The Kier molecular flexibility index (Phi) is 4.97. The molecule has 6 nitrogen and oxygen atoms in total. The SMILES string of the molecule is COc1cc(C)cnc1C(=O)Nc1ccc(C(=O)N2CCCC2)cc1. The average molecular weight is 339 g/mol. The summed E-state index contributed by atoms with van der Waals surface area (Å²) in [5.74, 6) is 0.117. The second-order valence-corrected chi connectivity index (χ2v) is 6.09. The first-order chi connectivity index (χ1) is 12.1. The van der Waals surface area contributed by atoms with Gasteiger partial charge in [0.25, 0.3) is 11.8 Å². The van der Waals surface area contributed by atoms with E-state index < -0.39 is 0 Å². The number of amides is 2. The van der Waals surface area contributed by atoms with Crippen molar-refractivity contribution in [3.8, 4) is 5.75 Å². The first kappa shape index (κ1) is 17.0. The largest absolute Gasteiger partial charge is 0.494 e. The number of anilines is 1. The maximum Gasteiger partial charge on any atom is 0.278 e. The number of aromatic nitrogens is 1. The van der Waals surface area contributed by atoms with Crippen molar-refractivity contribution in [3.05, 3.63) is 53.3 Å². The van der Waals surface area contributed by atoms with Crippen molar-refractivity contribution in [1.82, 2.24) is 9.88 Å². The number of hydrogen-bond acceptors (Lipinski definition) is 4. The minimum absolute atomic E-state index is 0.0391. The lowest BCUT2D eigenvalue weighted by molar-refractivity contribution is 0.0792. The lowest BCUT2D eigenvalue weighted by atomic mass is 10.1. The fourth-order valence-corrected chi connectivity index (χ4v) is 2.86. The van der Waals surface area contributed by atoms with Crippen LogP contribution in [0.2, 0.25) is 0 Å². The molecular weight excluding hydrogens is 318 g/mol. The van der Waals surface area contributed by atoms with Crippen LogP contribution in [-0.4, -0.2) is 41.9 Å². The molecule has 0 saturated carbocycles. The summed E-state index contributed by atoms with van der Waals surface area (Å²) in [5, 5.41) is 2.78. The number of ether oxygens (including phenoxy) is 1. The van der Waals surface area contributed by atoms with Crippen LogP contribution in [0, 0.1) is 6.92 Å². The number of methoxy groups -OCH3 is 1. The van der Waals surface area contributed by atoms with Gasteiger partial charge in [0, 0.05) is 30.5 Å². The molecule has 0 spiro atoms. The highest BCUT2D eigenvalue weighted by atomic mass is 16.5. The van der Waals surface area contributed by atoms with Crippen molar-refractivity contribution < 1.29 is 14.3 Å². The Balaban J connectivity index is 1.71. The van der Waals surface area contributed by atoms with Crippen molar-refractivity contribution >= 4 is 17.5 Å². The van der Waals surface area contributed by atoms with Crippen LogP contribution >= 0.6 is 0 Å². The molecule has 1 aromatic carbocycles. The molecule has 1 aromatic heterocycles. The van der Waals surface area contributed by atoms with Gasteiger partial charge in [-0.3, -0.25) is 9.59 Å². The predicted octanol–water partition coefficient (Wildman–Crippen LogP) is 2.89. The van der Waals surface area contributed by atoms with Gasteiger partial charge < -0.3 is 15.0 Å². The number of pyridine rings is 1. The number of nitrogens with zero attached hydrogens (tertiary/aromatic N) is 2. The van der Waals surface area contributed by atoms with Crippen LogP contribution in [0.5, 0.6) is 5.75 Å². The Hall–Kier alpha value is -2.89. The summed E-state index contributed by atoms with van der Waals surface area (Å²) in [6, 6.07) is 8.68. The standard InChI is InChI=1S/C19H21N3O3/c1-13-11-16(25-2)17(20-12-13)18(23)21-15-7-5-14(6-8-15)19(24)22-9-3-4-10-22/h5-8,11-12H,3-4,9-10H2,1-2H3,(H,21,23). The van der Waals surface area contributed by atoms with Crippen LogP contribution in [0.1, 0.15) is 39.3 Å². The molecule has 1 fully saturated rings. The number of carbonyl (C=O) groups is 2. The number of carbonyl (C=O) groups excluding carboxylic acids is 2. The number of rotatable bonds is 4. The Morgan fingerprint density at radius 3 is 2.48 bits per heavy atom. The van der Waals surface area contributed by atoms with Crippen LogP contribution in [0.15, 0.2) is 36.5 Å². The normalized spacial score (nSPS) is 13.6. The molecule has 1 aliphatic heterocycles. The molecule has 0 aliphatic carbocycles. The Bertz CT molecular complexity index is 781. The number of likely N-dealkylation sites (tertiary alicyclic amines) is 1. The zero-order valence-corrected chi connectivity index (χ0v) is 14.4. The Morgan fingerprint density at radius 2 is 1.84 bits per heavy atom. The van der Waals surface area contributed by atoms with Crippen LogP contribution in [-0.2, 0) is 0 Å². The molecule has 0 unspecified atom stereocenters. The molecule has 1 saturated heterocycles. The van der Waals surface area contributed by atoms with Gasteiger partial charge in [0.15, 0.2) is 5.69 Å². The third-order valence-corrected chi connectivity index (χ3v) is 4.21. The molecule has 0 atom stereocenters. The summed E-state index contributed by atoms with van der Waals surface area (Å²) < 4.78 is 5.22. The minimum Gasteiger partial charge on any atom is -0.494 e. The molecule has 3 rings (SSSR count). The van der Waals surface area contributed by atoms with Crippen molar-refractivity contribution in [2.75, 3.05) is 25.5 Å². The molecule has 2 heterocycles. The molecule has 25 heavy (non-hydrogen) atoms. The summed E-state index contributed by atoms with van der Waals surface area (Å²) in [5.41, 5.74) is 2.38. The van der Waals surface area contributed by atoms with Gasteiger partial charge in [-0.1, -0.05) is 0 Å². The summed E-state index contributed by atoms with van der Waals surface area (Å²) >= 11 is 0. The van der Waals surface area contributed by atoms with Crippen LogP contribution in [0.4, 0.5) is 5.69 Å². The van der Waals surface area contributed by atoms with Gasteiger partial charge in [-0.05, 0) is 55.7 Å². The second kappa shape index (κ2) is 7.34. The summed E-state index contributed by atoms with van der Waals surface area (Å²) in [7, 11) is 1.51. The van der Waals surface area contributed by atoms with Gasteiger partial charge in [0.2, 0.25) is 0 Å². The lowest BCUT2D eigenvalue weighted by Crippen LogP contribution is -2.27. The highest BCUT2D eigenvalue weighted by molar-refractivity contribution is 6.05. The predicted molar refractivity (Wildman–Crippen MR) is 95.1 cm³/mol. The highest BCUT2D eigenvalue weighted by Crippen LogP contribution is 2.20. The van der Waals surface area contributed by atoms with Gasteiger partial charge in [-0.15, -0.1) is 0 Å². The topological polar surface area (TPSA) is 71.5 Å². The van der Waals surface area contributed by atoms with E-state index in [-0.39, 0.29) is 17.5 Å². The Morgan fingerprint density at radius 1 is 1.16 bits per heavy atom. The van der Waals surface area contributed by atoms with Crippen LogP contribution in [0.25, 0.3) is 0 Å². The third kappa shape index (κ3) is 3.79. The van der Waals surface area contributed by atoms with Crippen LogP contribution in [0.3, 0.4) is 0 Å². The van der Waals surface area contributed by atoms with Crippen molar-refractivity contribution in [1.29, 1.82) is 0 Å². The maximum absolute atomic E-state index is 12.4. The van der Waals surface area contributed by atoms with Gasteiger partial charge in [0.05, 0.1) is 7.11 Å². The molecule has 6 heteroatoms. The van der Waals surface area contributed by atoms with E-state index in [0.29, 0.717) is 17.0 Å². The van der Waals surface area contributed by atoms with E-state index in [2.05, 4.69) is 10.3 Å². The summed E-state index contributed by atoms with van der Waals surface area (Å²) in [4.78, 5) is 30.7. The van der Waals surface area contributed by atoms with E-state index in [9.17, 15) is 9.59 Å². The number of nitrogens with one attached hydrogen (secondary N) is 1. The molecule has 0 bridgehead atoms. The van der Waals surface area contributed by atoms with E-state index in [1.165, 1.54) is 7.11 Å². The number of benzene rings is 1. The van der Waals surface area contributed by atoms with E-state index in [1.807, 2.05) is 11.8 Å². The van der Waals surface area contributed by atoms with Crippen molar-refractivity contribution in [2.45, 2.75) is 19.8 Å². The second-order valence-electron chi connectivity index (χ2n) is 6.09. The van der Waals surface area contributed by atoms with Crippen molar-refractivity contribution in [3.63, 3.8) is 0 Å². The fraction of sp³-hybridized carbons (Fsp3) is 0.316. The van der Waals surface area contributed by atoms with E-state index in [4.69, 9.17) is 4.74 Å². The lowest BCUT2D eigenvalue weighted by Gasteiger charge is -2.15.